The summed E-state index contributed by atoms with van der Waals surface area (Å²) >= 11 is 8.45. The van der Waals surface area contributed by atoms with E-state index in [0.717, 1.165) is 35.1 Å². The summed E-state index contributed by atoms with van der Waals surface area (Å²) in [6.07, 6.45) is 2.24. The molecule has 18 heavy (non-hydrogen) atoms. The molecule has 0 aliphatic carbocycles. The molecular formula is C13H19BrN2OS. The summed E-state index contributed by atoms with van der Waals surface area (Å²) in [4.78, 5) is 2.55. The molecule has 1 aromatic carbocycles. The SMILES string of the molecule is CCCCN(CCO)c1ccc(C(N)=S)c(Br)c1. The smallest absolute Gasteiger partial charge is 0.105 e. The second-order valence-corrected chi connectivity index (χ2v) is 5.39. The van der Waals surface area contributed by atoms with Crippen LogP contribution in [-0.4, -0.2) is 29.8 Å². The molecule has 0 bridgehead atoms. The average molecular weight is 331 g/mol. The standard InChI is InChI=1S/C13H19BrN2OS/c1-2-3-6-16(7-8-17)10-4-5-11(13(15)18)12(14)9-10/h4-5,9,17H,2-3,6-8H2,1H3,(H2,15,18). The molecule has 0 heterocycles. The third kappa shape index (κ3) is 4.23. The van der Waals surface area contributed by atoms with Crippen LogP contribution in [0.3, 0.4) is 0 Å². The summed E-state index contributed by atoms with van der Waals surface area (Å²) in [5.41, 5.74) is 7.54. The highest BCUT2D eigenvalue weighted by Crippen LogP contribution is 2.24. The van der Waals surface area contributed by atoms with Crippen LogP contribution < -0.4 is 10.6 Å². The average Bonchev–Trinajstić information content (AvgIpc) is 2.33. The zero-order valence-electron chi connectivity index (χ0n) is 10.5. The van der Waals surface area contributed by atoms with Crippen molar-refractivity contribution in [2.24, 2.45) is 5.73 Å². The number of aliphatic hydroxyl groups is 1. The van der Waals surface area contributed by atoms with Crippen LogP contribution in [0.15, 0.2) is 22.7 Å². The molecule has 100 valence electrons. The maximum absolute atomic E-state index is 9.12. The van der Waals surface area contributed by atoms with Gasteiger partial charge in [0.2, 0.25) is 0 Å². The predicted molar refractivity (Wildman–Crippen MR) is 84.2 cm³/mol. The first-order chi connectivity index (χ1) is 8.60. The van der Waals surface area contributed by atoms with Crippen LogP contribution in [0, 0.1) is 0 Å². The zero-order valence-corrected chi connectivity index (χ0v) is 12.9. The number of hydrogen-bond donors (Lipinski definition) is 2. The van der Waals surface area contributed by atoms with Gasteiger partial charge in [-0.2, -0.15) is 0 Å². The molecular weight excluding hydrogens is 312 g/mol. The molecule has 1 rings (SSSR count). The van der Waals surface area contributed by atoms with Crippen molar-refractivity contribution in [1.29, 1.82) is 0 Å². The molecule has 0 saturated heterocycles. The molecule has 0 aromatic heterocycles. The van der Waals surface area contributed by atoms with Crippen LogP contribution >= 0.6 is 28.1 Å². The zero-order chi connectivity index (χ0) is 13.5. The molecule has 0 saturated carbocycles. The molecule has 0 atom stereocenters. The summed E-state index contributed by atoms with van der Waals surface area (Å²) in [6.45, 7) is 3.89. The van der Waals surface area contributed by atoms with Gasteiger partial charge in [0.1, 0.15) is 4.99 Å². The van der Waals surface area contributed by atoms with Crippen LogP contribution in [0.4, 0.5) is 5.69 Å². The highest BCUT2D eigenvalue weighted by molar-refractivity contribution is 9.10. The Balaban J connectivity index is 2.91. The van der Waals surface area contributed by atoms with Crippen LogP contribution in [-0.2, 0) is 0 Å². The first kappa shape index (κ1) is 15.4. The molecule has 0 aliphatic heterocycles. The van der Waals surface area contributed by atoms with Crippen LogP contribution in [0.5, 0.6) is 0 Å². The van der Waals surface area contributed by atoms with Gasteiger partial charge in [0, 0.05) is 28.8 Å². The first-order valence-electron chi connectivity index (χ1n) is 6.05. The third-order valence-electron chi connectivity index (χ3n) is 2.73. The highest BCUT2D eigenvalue weighted by atomic mass is 79.9. The van der Waals surface area contributed by atoms with Crippen LogP contribution in [0.1, 0.15) is 25.3 Å². The molecule has 5 heteroatoms. The van der Waals surface area contributed by atoms with E-state index in [0.29, 0.717) is 11.5 Å². The van der Waals surface area contributed by atoms with E-state index in [4.69, 9.17) is 23.1 Å². The van der Waals surface area contributed by atoms with E-state index in [-0.39, 0.29) is 6.61 Å². The van der Waals surface area contributed by atoms with Crippen LogP contribution in [0.2, 0.25) is 0 Å². The van der Waals surface area contributed by atoms with Crippen molar-refractivity contribution in [2.75, 3.05) is 24.6 Å². The van der Waals surface area contributed by atoms with Gasteiger partial charge >= 0.3 is 0 Å². The second kappa shape index (κ2) is 7.71. The van der Waals surface area contributed by atoms with Gasteiger partial charge in [-0.25, -0.2) is 0 Å². The molecule has 0 aliphatic rings. The van der Waals surface area contributed by atoms with Crippen molar-refractivity contribution in [2.45, 2.75) is 19.8 Å². The number of unbranched alkanes of at least 4 members (excludes halogenated alkanes) is 1. The van der Waals surface area contributed by atoms with Crippen molar-refractivity contribution in [3.63, 3.8) is 0 Å². The molecule has 1 aromatic rings. The molecule has 0 amide bonds. The molecule has 0 fully saturated rings. The van der Waals surface area contributed by atoms with E-state index in [2.05, 4.69) is 27.8 Å². The lowest BCUT2D eigenvalue weighted by Crippen LogP contribution is -2.27. The predicted octanol–water partition coefficient (Wildman–Crippen LogP) is 2.68. The van der Waals surface area contributed by atoms with Crippen molar-refractivity contribution in [1.82, 2.24) is 0 Å². The number of benzene rings is 1. The van der Waals surface area contributed by atoms with Gasteiger partial charge in [-0.3, -0.25) is 0 Å². The fourth-order valence-corrected chi connectivity index (χ4v) is 2.63. The topological polar surface area (TPSA) is 49.5 Å². The lowest BCUT2D eigenvalue weighted by atomic mass is 10.2. The van der Waals surface area contributed by atoms with E-state index in [1.165, 1.54) is 0 Å². The monoisotopic (exact) mass is 330 g/mol. The quantitative estimate of drug-likeness (QED) is 0.754. The maximum Gasteiger partial charge on any atom is 0.105 e. The van der Waals surface area contributed by atoms with Crippen molar-refractivity contribution >= 4 is 38.8 Å². The molecule has 3 N–H and O–H groups in total. The second-order valence-electron chi connectivity index (χ2n) is 4.09. The Morgan fingerprint density at radius 2 is 2.17 bits per heavy atom. The van der Waals surface area contributed by atoms with Gasteiger partial charge < -0.3 is 15.7 Å². The number of thiocarbonyl (C=S) groups is 1. The first-order valence-corrected chi connectivity index (χ1v) is 7.25. The summed E-state index contributed by atoms with van der Waals surface area (Å²) in [6, 6.07) is 5.91. The minimum Gasteiger partial charge on any atom is -0.395 e. The Kier molecular flexibility index (Phi) is 6.60. The number of hydrogen-bond acceptors (Lipinski definition) is 3. The molecule has 0 spiro atoms. The number of anilines is 1. The Labute approximate surface area is 122 Å². The van der Waals surface area contributed by atoms with Gasteiger partial charge in [0.15, 0.2) is 0 Å². The fraction of sp³-hybridized carbons (Fsp3) is 0.462. The maximum atomic E-state index is 9.12. The Morgan fingerprint density at radius 1 is 1.44 bits per heavy atom. The number of nitrogens with zero attached hydrogens (tertiary/aromatic N) is 1. The lowest BCUT2D eigenvalue weighted by Gasteiger charge is -2.24. The Bertz CT molecular complexity index is 412. The van der Waals surface area contributed by atoms with Crippen molar-refractivity contribution in [3.05, 3.63) is 28.2 Å². The van der Waals surface area contributed by atoms with Gasteiger partial charge in [0.05, 0.1) is 6.61 Å². The third-order valence-corrected chi connectivity index (χ3v) is 3.61. The number of halogens is 1. The van der Waals surface area contributed by atoms with E-state index < -0.39 is 0 Å². The van der Waals surface area contributed by atoms with Crippen LogP contribution in [0.25, 0.3) is 0 Å². The minimum absolute atomic E-state index is 0.151. The molecule has 3 nitrogen and oxygen atoms in total. The summed E-state index contributed by atoms with van der Waals surface area (Å²) in [5.74, 6) is 0. The number of nitrogens with two attached hydrogens (primary N) is 1. The summed E-state index contributed by atoms with van der Waals surface area (Å²) < 4.78 is 0.895. The van der Waals surface area contributed by atoms with Crippen molar-refractivity contribution < 1.29 is 5.11 Å². The summed E-state index contributed by atoms with van der Waals surface area (Å²) in [5, 5.41) is 9.12. The van der Waals surface area contributed by atoms with Gasteiger partial charge in [0.25, 0.3) is 0 Å². The fourth-order valence-electron chi connectivity index (χ4n) is 1.74. The molecule has 0 radical (unpaired) electrons. The normalized spacial score (nSPS) is 10.4. The Morgan fingerprint density at radius 3 is 2.67 bits per heavy atom. The largest absolute Gasteiger partial charge is 0.395 e. The minimum atomic E-state index is 0.151. The van der Waals surface area contributed by atoms with Crippen molar-refractivity contribution in [3.8, 4) is 0 Å². The summed E-state index contributed by atoms with van der Waals surface area (Å²) in [7, 11) is 0. The van der Waals surface area contributed by atoms with E-state index in [9.17, 15) is 0 Å². The van der Waals surface area contributed by atoms with Gasteiger partial charge in [-0.1, -0.05) is 25.6 Å². The number of rotatable bonds is 7. The van der Waals surface area contributed by atoms with Gasteiger partial charge in [-0.15, -0.1) is 0 Å². The molecule has 0 unspecified atom stereocenters. The van der Waals surface area contributed by atoms with Gasteiger partial charge in [-0.05, 0) is 40.5 Å². The van der Waals surface area contributed by atoms with E-state index in [1.54, 1.807) is 0 Å². The van der Waals surface area contributed by atoms with E-state index >= 15 is 0 Å². The lowest BCUT2D eigenvalue weighted by molar-refractivity contribution is 0.301. The Hall–Kier alpha value is -0.650. The highest BCUT2D eigenvalue weighted by Gasteiger charge is 2.09. The van der Waals surface area contributed by atoms with E-state index in [1.807, 2.05) is 18.2 Å². The number of aliphatic hydroxyl groups excluding tert-OH is 1.